The molecule has 1 aliphatic rings. The zero-order chi connectivity index (χ0) is 11.3. The fourth-order valence-corrected chi connectivity index (χ4v) is 1.81. The average molecular weight is 230 g/mol. The summed E-state index contributed by atoms with van der Waals surface area (Å²) in [5.41, 5.74) is 0. The van der Waals surface area contributed by atoms with Crippen LogP contribution in [0.25, 0.3) is 0 Å². The third-order valence-corrected chi connectivity index (χ3v) is 2.79. The molecule has 0 atom stereocenters. The van der Waals surface area contributed by atoms with E-state index in [0.29, 0.717) is 26.2 Å². The monoisotopic (exact) mass is 230 g/mol. The number of nitrogens with zero attached hydrogens (tertiary/aromatic N) is 2. The molecule has 0 aromatic heterocycles. The van der Waals surface area contributed by atoms with Crippen molar-refractivity contribution in [1.29, 1.82) is 0 Å². The number of carbonyl (C=O) groups is 2. The molecule has 4 nitrogen and oxygen atoms in total. The van der Waals surface area contributed by atoms with Gasteiger partial charge in [0.25, 0.3) is 0 Å². The number of carbonyl (C=O) groups excluding carboxylic acids is 2. The lowest BCUT2D eigenvalue weighted by Gasteiger charge is -2.33. The van der Waals surface area contributed by atoms with Crippen LogP contribution >= 0.6 is 12.6 Å². The molecular formula is C10H18N2O2S. The van der Waals surface area contributed by atoms with Crippen LogP contribution in [-0.4, -0.2) is 53.5 Å². The van der Waals surface area contributed by atoms with Gasteiger partial charge in [-0.05, 0) is 18.6 Å². The highest BCUT2D eigenvalue weighted by molar-refractivity contribution is 7.80. The molecule has 0 aliphatic carbocycles. The quantitative estimate of drug-likeness (QED) is 0.548. The Bertz CT molecular complexity index is 246. The highest BCUT2D eigenvalue weighted by Gasteiger charge is 2.31. The Labute approximate surface area is 96.0 Å². The van der Waals surface area contributed by atoms with Gasteiger partial charge in [0.05, 0.1) is 0 Å². The molecule has 1 fully saturated rings. The highest BCUT2D eigenvalue weighted by Crippen LogP contribution is 2.06. The molecule has 0 N–H and O–H groups in total. The number of hydrogen-bond donors (Lipinski definition) is 1. The van der Waals surface area contributed by atoms with Gasteiger partial charge in [-0.3, -0.25) is 9.59 Å². The van der Waals surface area contributed by atoms with Gasteiger partial charge in [0.1, 0.15) is 0 Å². The smallest absolute Gasteiger partial charge is 0.312 e. The average Bonchev–Trinajstić information content (AvgIpc) is 2.24. The molecule has 1 heterocycles. The summed E-state index contributed by atoms with van der Waals surface area (Å²) >= 11 is 4.09. The Morgan fingerprint density at radius 2 is 1.67 bits per heavy atom. The second-order valence-corrected chi connectivity index (χ2v) is 4.11. The van der Waals surface area contributed by atoms with Crippen LogP contribution in [0.3, 0.4) is 0 Å². The predicted octanol–water partition coefficient (Wildman–Crippen LogP) is 0.387. The maximum absolute atomic E-state index is 11.6. The minimum atomic E-state index is -0.350. The first-order valence-electron chi connectivity index (χ1n) is 5.39. The highest BCUT2D eigenvalue weighted by atomic mass is 32.1. The van der Waals surface area contributed by atoms with E-state index in [0.717, 1.165) is 18.6 Å². The molecular weight excluding hydrogens is 212 g/mol. The predicted molar refractivity (Wildman–Crippen MR) is 61.9 cm³/mol. The minimum Gasteiger partial charge on any atom is -0.333 e. The van der Waals surface area contributed by atoms with Crippen LogP contribution in [0.2, 0.25) is 0 Å². The molecule has 1 saturated heterocycles. The van der Waals surface area contributed by atoms with Crippen LogP contribution in [0.4, 0.5) is 0 Å². The molecule has 2 amide bonds. The first-order valence-corrected chi connectivity index (χ1v) is 6.03. The molecule has 0 bridgehead atoms. The third kappa shape index (κ3) is 3.12. The Kier molecular flexibility index (Phi) is 4.94. The van der Waals surface area contributed by atoms with E-state index in [1.165, 1.54) is 0 Å². The van der Waals surface area contributed by atoms with Crippen LogP contribution in [0.15, 0.2) is 0 Å². The van der Waals surface area contributed by atoms with Gasteiger partial charge in [-0.25, -0.2) is 0 Å². The van der Waals surface area contributed by atoms with Crippen molar-refractivity contribution in [2.75, 3.05) is 31.9 Å². The molecule has 1 rings (SSSR count). The number of hydrogen-bond acceptors (Lipinski definition) is 3. The van der Waals surface area contributed by atoms with E-state index in [2.05, 4.69) is 12.6 Å². The van der Waals surface area contributed by atoms with E-state index < -0.39 is 0 Å². The summed E-state index contributed by atoms with van der Waals surface area (Å²) in [6.07, 6.45) is 1.74. The second-order valence-electron chi connectivity index (χ2n) is 3.66. The van der Waals surface area contributed by atoms with Crippen molar-refractivity contribution >= 4 is 24.4 Å². The summed E-state index contributed by atoms with van der Waals surface area (Å²) < 4.78 is 0. The molecule has 1 aliphatic heterocycles. The van der Waals surface area contributed by atoms with E-state index in [-0.39, 0.29) is 11.8 Å². The lowest BCUT2D eigenvalue weighted by Crippen LogP contribution is -2.54. The molecule has 0 radical (unpaired) electrons. The van der Waals surface area contributed by atoms with E-state index in [4.69, 9.17) is 0 Å². The first-order chi connectivity index (χ1) is 7.20. The maximum Gasteiger partial charge on any atom is 0.312 e. The van der Waals surface area contributed by atoms with Gasteiger partial charge >= 0.3 is 11.8 Å². The second kappa shape index (κ2) is 6.00. The van der Waals surface area contributed by atoms with Crippen LogP contribution in [0.5, 0.6) is 0 Å². The summed E-state index contributed by atoms with van der Waals surface area (Å²) in [5.74, 6) is 0.0511. The van der Waals surface area contributed by atoms with Crippen LogP contribution in [0.1, 0.15) is 19.8 Å². The molecule has 0 aromatic carbocycles. The Balaban J connectivity index is 2.49. The number of rotatable bonds is 5. The van der Waals surface area contributed by atoms with Crippen molar-refractivity contribution in [1.82, 2.24) is 9.80 Å². The molecule has 15 heavy (non-hydrogen) atoms. The lowest BCUT2D eigenvalue weighted by atomic mass is 10.2. The van der Waals surface area contributed by atoms with Crippen molar-refractivity contribution in [2.24, 2.45) is 0 Å². The maximum atomic E-state index is 11.6. The van der Waals surface area contributed by atoms with Crippen LogP contribution in [-0.2, 0) is 9.59 Å². The van der Waals surface area contributed by atoms with Crippen LogP contribution in [0, 0.1) is 0 Å². The molecule has 0 aromatic rings. The molecule has 86 valence electrons. The Morgan fingerprint density at radius 3 is 2.13 bits per heavy atom. The molecule has 0 saturated carbocycles. The molecule has 0 spiro atoms. The summed E-state index contributed by atoms with van der Waals surface area (Å²) in [5, 5.41) is 0. The van der Waals surface area contributed by atoms with Gasteiger partial charge in [-0.15, -0.1) is 0 Å². The van der Waals surface area contributed by atoms with Gasteiger partial charge in [0.2, 0.25) is 0 Å². The van der Waals surface area contributed by atoms with Crippen molar-refractivity contribution in [3.05, 3.63) is 0 Å². The van der Waals surface area contributed by atoms with Gasteiger partial charge < -0.3 is 9.80 Å². The van der Waals surface area contributed by atoms with Gasteiger partial charge in [0.15, 0.2) is 0 Å². The van der Waals surface area contributed by atoms with Gasteiger partial charge in [-0.1, -0.05) is 6.92 Å². The number of amides is 2. The third-order valence-electron chi connectivity index (χ3n) is 2.48. The van der Waals surface area contributed by atoms with E-state index in [9.17, 15) is 9.59 Å². The SMILES string of the molecule is CCCN1CCN(CCCS)C(=O)C1=O. The van der Waals surface area contributed by atoms with Crippen molar-refractivity contribution in [3.63, 3.8) is 0 Å². The van der Waals surface area contributed by atoms with Crippen LogP contribution < -0.4 is 0 Å². The van der Waals surface area contributed by atoms with E-state index in [1.54, 1.807) is 9.80 Å². The molecule has 0 unspecified atom stereocenters. The van der Waals surface area contributed by atoms with E-state index >= 15 is 0 Å². The van der Waals surface area contributed by atoms with E-state index in [1.807, 2.05) is 6.92 Å². The number of piperazine rings is 1. The topological polar surface area (TPSA) is 40.6 Å². The van der Waals surface area contributed by atoms with Gasteiger partial charge in [-0.2, -0.15) is 12.6 Å². The fraction of sp³-hybridized carbons (Fsp3) is 0.800. The normalized spacial score (nSPS) is 17.5. The van der Waals surface area contributed by atoms with Crippen molar-refractivity contribution in [3.8, 4) is 0 Å². The minimum absolute atomic E-state index is 0.345. The summed E-state index contributed by atoms with van der Waals surface area (Å²) in [6.45, 7) is 4.67. The zero-order valence-electron chi connectivity index (χ0n) is 9.11. The van der Waals surface area contributed by atoms with Gasteiger partial charge in [0, 0.05) is 26.2 Å². The first kappa shape index (κ1) is 12.4. The number of thiol groups is 1. The standard InChI is InChI=1S/C10H18N2O2S/c1-2-4-11-6-7-12(5-3-8-15)10(14)9(11)13/h15H,2-8H2,1H3. The fourth-order valence-electron chi connectivity index (χ4n) is 1.67. The van der Waals surface area contributed by atoms with Crippen molar-refractivity contribution in [2.45, 2.75) is 19.8 Å². The summed E-state index contributed by atoms with van der Waals surface area (Å²) in [7, 11) is 0. The lowest BCUT2D eigenvalue weighted by molar-refractivity contribution is -0.156. The zero-order valence-corrected chi connectivity index (χ0v) is 10.0. The summed E-state index contributed by atoms with van der Waals surface area (Å²) in [4.78, 5) is 26.5. The Morgan fingerprint density at radius 1 is 1.13 bits per heavy atom. The van der Waals surface area contributed by atoms with Crippen molar-refractivity contribution < 1.29 is 9.59 Å². The summed E-state index contributed by atoms with van der Waals surface area (Å²) in [6, 6.07) is 0. The Hall–Kier alpha value is -0.710. The molecule has 5 heteroatoms. The largest absolute Gasteiger partial charge is 0.333 e.